The molecule has 1 aromatic heterocycles. The van der Waals surface area contributed by atoms with Crippen LogP contribution in [-0.4, -0.2) is 43.0 Å². The quantitative estimate of drug-likeness (QED) is 0.404. The lowest BCUT2D eigenvalue weighted by atomic mass is 9.91. The molecule has 1 aliphatic heterocycles. The van der Waals surface area contributed by atoms with Crippen LogP contribution in [0, 0.1) is 17.0 Å². The van der Waals surface area contributed by atoms with E-state index in [9.17, 15) is 14.9 Å². The molecule has 2 heterocycles. The van der Waals surface area contributed by atoms with Crippen LogP contribution in [-0.2, 0) is 11.2 Å². The van der Waals surface area contributed by atoms with Gasteiger partial charge in [0, 0.05) is 17.5 Å². The molecule has 0 saturated heterocycles. The Kier molecular flexibility index (Phi) is 6.62. The van der Waals surface area contributed by atoms with E-state index >= 15 is 0 Å². The Morgan fingerprint density at radius 1 is 1.21 bits per heavy atom. The number of hydrogen-bond donors (Lipinski definition) is 1. The first-order valence-electron chi connectivity index (χ1n) is 10.5. The molecule has 1 N–H and O–H groups in total. The van der Waals surface area contributed by atoms with Crippen molar-refractivity contribution in [2.75, 3.05) is 32.6 Å². The van der Waals surface area contributed by atoms with Crippen molar-refractivity contribution in [3.63, 3.8) is 0 Å². The smallest absolute Gasteiger partial charge is 0.274 e. The van der Waals surface area contributed by atoms with E-state index in [0.29, 0.717) is 29.3 Å². The number of amides is 1. The molecule has 0 saturated carbocycles. The minimum absolute atomic E-state index is 0.0165. The van der Waals surface area contributed by atoms with Gasteiger partial charge in [0.1, 0.15) is 0 Å². The van der Waals surface area contributed by atoms with Crippen molar-refractivity contribution in [2.45, 2.75) is 19.4 Å². The lowest BCUT2D eigenvalue weighted by molar-refractivity contribution is -0.385. The highest BCUT2D eigenvalue weighted by Crippen LogP contribution is 2.42. The molecular formula is C24H25N3O5S. The van der Waals surface area contributed by atoms with Gasteiger partial charge in [-0.25, -0.2) is 0 Å². The lowest BCUT2D eigenvalue weighted by Crippen LogP contribution is -2.41. The molecule has 0 aliphatic carbocycles. The summed E-state index contributed by atoms with van der Waals surface area (Å²) in [4.78, 5) is 27.0. The number of nitro benzene ring substituents is 1. The van der Waals surface area contributed by atoms with Crippen LogP contribution in [0.2, 0.25) is 0 Å². The highest BCUT2D eigenvalue weighted by molar-refractivity contribution is 7.10. The van der Waals surface area contributed by atoms with Crippen LogP contribution in [0.15, 0.2) is 47.8 Å². The Balaban J connectivity index is 1.62. The van der Waals surface area contributed by atoms with Crippen LogP contribution in [0.4, 0.5) is 11.4 Å². The average molecular weight is 468 g/mol. The molecule has 3 aromatic rings. The minimum atomic E-state index is -0.443. The normalized spacial score (nSPS) is 15.5. The van der Waals surface area contributed by atoms with Gasteiger partial charge >= 0.3 is 0 Å². The molecule has 1 aliphatic rings. The highest BCUT2D eigenvalue weighted by Gasteiger charge is 2.32. The number of nitro groups is 1. The maximum Gasteiger partial charge on any atom is 0.274 e. The first kappa shape index (κ1) is 22.8. The van der Waals surface area contributed by atoms with E-state index < -0.39 is 4.92 Å². The van der Waals surface area contributed by atoms with Gasteiger partial charge in [-0.1, -0.05) is 12.1 Å². The zero-order valence-electron chi connectivity index (χ0n) is 18.7. The number of thiophene rings is 1. The fourth-order valence-electron chi connectivity index (χ4n) is 4.28. The Bertz CT molecular complexity index is 1180. The summed E-state index contributed by atoms with van der Waals surface area (Å²) >= 11 is 1.64. The second-order valence-corrected chi connectivity index (χ2v) is 8.78. The zero-order valence-corrected chi connectivity index (χ0v) is 19.5. The Morgan fingerprint density at radius 3 is 2.64 bits per heavy atom. The molecule has 2 aromatic carbocycles. The molecular weight excluding hydrogens is 442 g/mol. The molecule has 0 fully saturated rings. The summed E-state index contributed by atoms with van der Waals surface area (Å²) in [5, 5.41) is 16.1. The number of ether oxygens (including phenoxy) is 2. The van der Waals surface area contributed by atoms with Crippen molar-refractivity contribution in [2.24, 2.45) is 0 Å². The number of nitrogens with one attached hydrogen (secondary N) is 1. The van der Waals surface area contributed by atoms with E-state index in [1.54, 1.807) is 44.6 Å². The largest absolute Gasteiger partial charge is 0.493 e. The zero-order chi connectivity index (χ0) is 23.5. The van der Waals surface area contributed by atoms with Crippen molar-refractivity contribution in [3.05, 3.63) is 79.5 Å². The van der Waals surface area contributed by atoms with Crippen LogP contribution < -0.4 is 14.8 Å². The van der Waals surface area contributed by atoms with Crippen LogP contribution in [0.1, 0.15) is 27.6 Å². The van der Waals surface area contributed by atoms with E-state index in [1.807, 2.05) is 23.6 Å². The first-order chi connectivity index (χ1) is 15.9. The van der Waals surface area contributed by atoms with Gasteiger partial charge in [0.2, 0.25) is 5.91 Å². The fourth-order valence-corrected chi connectivity index (χ4v) is 5.16. The number of nitrogens with zero attached hydrogens (tertiary/aromatic N) is 2. The summed E-state index contributed by atoms with van der Waals surface area (Å²) in [6.07, 6.45) is 0.765. The van der Waals surface area contributed by atoms with Gasteiger partial charge in [-0.15, -0.1) is 11.3 Å². The number of rotatable bonds is 7. The van der Waals surface area contributed by atoms with E-state index in [1.165, 1.54) is 6.07 Å². The summed E-state index contributed by atoms with van der Waals surface area (Å²) in [7, 11) is 3.23. The number of anilines is 1. The van der Waals surface area contributed by atoms with E-state index in [-0.39, 0.29) is 24.2 Å². The molecule has 0 spiro atoms. The molecule has 4 rings (SSSR count). The molecule has 8 nitrogen and oxygen atoms in total. The molecule has 33 heavy (non-hydrogen) atoms. The number of benzene rings is 2. The number of carbonyl (C=O) groups is 1. The highest BCUT2D eigenvalue weighted by atomic mass is 32.1. The summed E-state index contributed by atoms with van der Waals surface area (Å²) < 4.78 is 11.0. The van der Waals surface area contributed by atoms with Crippen molar-refractivity contribution < 1.29 is 19.2 Å². The Labute approximate surface area is 195 Å². The first-order valence-corrected chi connectivity index (χ1v) is 11.4. The van der Waals surface area contributed by atoms with Gasteiger partial charge < -0.3 is 14.8 Å². The average Bonchev–Trinajstić information content (AvgIpc) is 3.33. The minimum Gasteiger partial charge on any atom is -0.493 e. The van der Waals surface area contributed by atoms with Gasteiger partial charge in [-0.3, -0.25) is 19.8 Å². The predicted molar refractivity (Wildman–Crippen MR) is 127 cm³/mol. The van der Waals surface area contributed by atoms with Gasteiger partial charge in [-0.2, -0.15) is 0 Å². The number of hydrogen-bond acceptors (Lipinski definition) is 7. The summed E-state index contributed by atoms with van der Waals surface area (Å²) in [6, 6.07) is 12.7. The van der Waals surface area contributed by atoms with Gasteiger partial charge in [0.05, 0.1) is 43.0 Å². The fraction of sp³-hybridized carbons (Fsp3) is 0.292. The second kappa shape index (κ2) is 9.60. The molecule has 172 valence electrons. The lowest BCUT2D eigenvalue weighted by Gasteiger charge is -2.37. The van der Waals surface area contributed by atoms with E-state index in [2.05, 4.69) is 16.3 Å². The molecule has 1 amide bonds. The Morgan fingerprint density at radius 2 is 1.97 bits per heavy atom. The standard InChI is InChI=1S/C24H25N3O5S/c1-15-18(6-4-7-19(15)27(29)30)25-23(28)14-26-10-9-16-12-20(31-2)21(32-3)13-17(16)24(26)22-8-5-11-33-22/h4-8,11-13,24H,9-10,14H2,1-3H3,(H,25,28)/t24-/m0/s1. The molecule has 9 heteroatoms. The van der Waals surface area contributed by atoms with Crippen molar-refractivity contribution >= 4 is 28.6 Å². The maximum atomic E-state index is 13.0. The topological polar surface area (TPSA) is 93.9 Å². The van der Waals surface area contributed by atoms with Crippen LogP contribution >= 0.6 is 11.3 Å². The van der Waals surface area contributed by atoms with Crippen molar-refractivity contribution in [1.82, 2.24) is 4.90 Å². The van der Waals surface area contributed by atoms with Gasteiger partial charge in [-0.05, 0) is 54.1 Å². The Hall–Kier alpha value is -3.43. The molecule has 0 unspecified atom stereocenters. The third-order valence-corrected chi connectivity index (χ3v) is 6.83. The third kappa shape index (κ3) is 4.55. The molecule has 1 atom stereocenters. The van der Waals surface area contributed by atoms with Gasteiger partial charge in [0.15, 0.2) is 11.5 Å². The summed E-state index contributed by atoms with van der Waals surface area (Å²) in [5.41, 5.74) is 3.12. The maximum absolute atomic E-state index is 13.0. The second-order valence-electron chi connectivity index (χ2n) is 7.80. The van der Waals surface area contributed by atoms with E-state index in [4.69, 9.17) is 9.47 Å². The van der Waals surface area contributed by atoms with Gasteiger partial charge in [0.25, 0.3) is 5.69 Å². The molecule has 0 radical (unpaired) electrons. The molecule has 0 bridgehead atoms. The monoisotopic (exact) mass is 467 g/mol. The van der Waals surface area contributed by atoms with E-state index in [0.717, 1.165) is 22.4 Å². The van der Waals surface area contributed by atoms with Crippen LogP contribution in [0.5, 0.6) is 11.5 Å². The third-order valence-electron chi connectivity index (χ3n) is 5.91. The predicted octanol–water partition coefficient (Wildman–Crippen LogP) is 4.57. The number of fused-ring (bicyclic) bond motifs is 1. The summed E-state index contributed by atoms with van der Waals surface area (Å²) in [5.74, 6) is 1.12. The number of carbonyl (C=O) groups excluding carboxylic acids is 1. The van der Waals surface area contributed by atoms with Crippen LogP contribution in [0.25, 0.3) is 0 Å². The van der Waals surface area contributed by atoms with Crippen molar-refractivity contribution in [1.29, 1.82) is 0 Å². The summed E-state index contributed by atoms with van der Waals surface area (Å²) in [6.45, 7) is 2.48. The van der Waals surface area contributed by atoms with Crippen LogP contribution in [0.3, 0.4) is 0 Å². The van der Waals surface area contributed by atoms with Crippen molar-refractivity contribution in [3.8, 4) is 11.5 Å². The SMILES string of the molecule is COc1cc2c(cc1OC)[C@@H](c1cccs1)N(CC(=O)Nc1cccc([N+](=O)[O-])c1C)CC2. The number of methoxy groups -OCH3 is 2.